The van der Waals surface area contributed by atoms with Gasteiger partial charge in [-0.05, 0) is 28.8 Å². The highest BCUT2D eigenvalue weighted by Gasteiger charge is 2.27. The highest BCUT2D eigenvalue weighted by Crippen LogP contribution is 2.40. The molecule has 1 saturated carbocycles. The summed E-state index contributed by atoms with van der Waals surface area (Å²) in [5.74, 6) is 0.411. The van der Waals surface area contributed by atoms with Crippen molar-refractivity contribution in [3.63, 3.8) is 0 Å². The number of rotatable bonds is 6. The number of benzene rings is 1. The molecule has 1 unspecified atom stereocenters. The summed E-state index contributed by atoms with van der Waals surface area (Å²) in [5.41, 5.74) is 2.13. The van der Waals surface area contributed by atoms with Crippen LogP contribution in [0.1, 0.15) is 36.1 Å². The van der Waals surface area contributed by atoms with Gasteiger partial charge >= 0.3 is 0 Å². The van der Waals surface area contributed by atoms with E-state index in [9.17, 15) is 4.79 Å². The Kier molecular flexibility index (Phi) is 4.04. The predicted molar refractivity (Wildman–Crippen MR) is 89.7 cm³/mol. The van der Waals surface area contributed by atoms with E-state index < -0.39 is 6.04 Å². The summed E-state index contributed by atoms with van der Waals surface area (Å²) in [6.07, 6.45) is 4.36. The van der Waals surface area contributed by atoms with Gasteiger partial charge in [-0.15, -0.1) is 16.4 Å². The van der Waals surface area contributed by atoms with Crippen LogP contribution in [-0.2, 0) is 11.2 Å². The first-order chi connectivity index (χ1) is 11.8. The lowest BCUT2D eigenvalue weighted by atomic mass is 10.1. The highest BCUT2D eigenvalue weighted by molar-refractivity contribution is 7.13. The molecular formula is C16H16N6OS. The second-order valence-corrected chi connectivity index (χ2v) is 6.69. The number of carbonyl (C=O) groups is 1. The lowest BCUT2D eigenvalue weighted by molar-refractivity contribution is -0.119. The van der Waals surface area contributed by atoms with Gasteiger partial charge in [0.15, 0.2) is 5.13 Å². The molecule has 0 radical (unpaired) electrons. The minimum Gasteiger partial charge on any atom is -0.300 e. The van der Waals surface area contributed by atoms with Crippen molar-refractivity contribution in [3.8, 4) is 0 Å². The molecule has 0 spiro atoms. The molecule has 4 rings (SSSR count). The van der Waals surface area contributed by atoms with Crippen LogP contribution in [0.25, 0.3) is 0 Å². The first kappa shape index (κ1) is 14.9. The quantitative estimate of drug-likeness (QED) is 0.745. The number of nitrogens with one attached hydrogen (secondary N) is 1. The first-order valence-corrected chi connectivity index (χ1v) is 8.70. The molecule has 1 N–H and O–H groups in total. The summed E-state index contributed by atoms with van der Waals surface area (Å²) < 4.78 is 1.48. The number of nitrogens with zero attached hydrogens (tertiary/aromatic N) is 5. The van der Waals surface area contributed by atoms with Gasteiger partial charge in [-0.1, -0.05) is 30.3 Å². The number of aromatic nitrogens is 5. The molecule has 1 aromatic carbocycles. The van der Waals surface area contributed by atoms with Crippen molar-refractivity contribution >= 4 is 22.4 Å². The molecule has 1 fully saturated rings. The van der Waals surface area contributed by atoms with Crippen LogP contribution in [0.3, 0.4) is 0 Å². The highest BCUT2D eigenvalue weighted by atomic mass is 32.1. The summed E-state index contributed by atoms with van der Waals surface area (Å²) in [6.45, 7) is 0. The van der Waals surface area contributed by atoms with Gasteiger partial charge in [0.1, 0.15) is 12.4 Å². The molecule has 8 heteroatoms. The van der Waals surface area contributed by atoms with Gasteiger partial charge in [0.05, 0.1) is 5.69 Å². The van der Waals surface area contributed by atoms with Crippen molar-refractivity contribution in [1.29, 1.82) is 0 Å². The minimum absolute atomic E-state index is 0.164. The van der Waals surface area contributed by atoms with E-state index in [1.807, 2.05) is 35.7 Å². The number of anilines is 1. The van der Waals surface area contributed by atoms with Crippen molar-refractivity contribution in [2.45, 2.75) is 31.2 Å². The molecule has 2 heterocycles. The van der Waals surface area contributed by atoms with Gasteiger partial charge in [-0.3, -0.25) is 4.79 Å². The van der Waals surface area contributed by atoms with Gasteiger partial charge < -0.3 is 5.32 Å². The molecule has 0 aliphatic heterocycles. The van der Waals surface area contributed by atoms with E-state index in [1.165, 1.54) is 35.2 Å². The fourth-order valence-electron chi connectivity index (χ4n) is 2.55. The van der Waals surface area contributed by atoms with E-state index in [4.69, 9.17) is 0 Å². The SMILES string of the molecule is O=C(Nc1nc(C2CC2)cs1)C(Cc1ccccc1)n1cnnn1. The molecule has 1 aliphatic carbocycles. The summed E-state index contributed by atoms with van der Waals surface area (Å²) in [7, 11) is 0. The smallest absolute Gasteiger partial charge is 0.251 e. The molecule has 1 atom stereocenters. The fourth-order valence-corrected chi connectivity index (χ4v) is 3.35. The maximum atomic E-state index is 12.7. The molecule has 7 nitrogen and oxygen atoms in total. The fraction of sp³-hybridized carbons (Fsp3) is 0.312. The van der Waals surface area contributed by atoms with Crippen molar-refractivity contribution in [2.75, 3.05) is 5.32 Å². The lowest BCUT2D eigenvalue weighted by Crippen LogP contribution is -2.28. The number of amides is 1. The van der Waals surface area contributed by atoms with Crippen LogP contribution >= 0.6 is 11.3 Å². The van der Waals surface area contributed by atoms with Gasteiger partial charge in [-0.2, -0.15) is 0 Å². The summed E-state index contributed by atoms with van der Waals surface area (Å²) in [5, 5.41) is 16.8. The first-order valence-electron chi connectivity index (χ1n) is 7.82. The second kappa shape index (κ2) is 6.48. The maximum Gasteiger partial charge on any atom is 0.251 e. The summed E-state index contributed by atoms with van der Waals surface area (Å²) in [6, 6.07) is 9.30. The second-order valence-electron chi connectivity index (χ2n) is 5.84. The Morgan fingerprint density at radius 1 is 1.33 bits per heavy atom. The minimum atomic E-state index is -0.518. The summed E-state index contributed by atoms with van der Waals surface area (Å²) >= 11 is 1.46. The van der Waals surface area contributed by atoms with Crippen molar-refractivity contribution < 1.29 is 4.79 Å². The van der Waals surface area contributed by atoms with Crippen LogP contribution in [0.15, 0.2) is 42.0 Å². The normalized spacial score (nSPS) is 15.2. The molecule has 2 aromatic heterocycles. The Balaban J connectivity index is 1.52. The Morgan fingerprint density at radius 3 is 2.88 bits per heavy atom. The van der Waals surface area contributed by atoms with E-state index in [1.54, 1.807) is 0 Å². The van der Waals surface area contributed by atoms with E-state index in [0.29, 0.717) is 17.5 Å². The van der Waals surface area contributed by atoms with Crippen molar-refractivity contribution in [3.05, 3.63) is 53.3 Å². The topological polar surface area (TPSA) is 85.6 Å². The van der Waals surface area contributed by atoms with E-state index >= 15 is 0 Å². The van der Waals surface area contributed by atoms with Crippen molar-refractivity contribution in [2.24, 2.45) is 0 Å². The zero-order valence-corrected chi connectivity index (χ0v) is 13.7. The van der Waals surface area contributed by atoms with Gasteiger partial charge in [0.25, 0.3) is 5.91 Å². The zero-order chi connectivity index (χ0) is 16.4. The molecule has 1 amide bonds. The van der Waals surface area contributed by atoms with E-state index in [-0.39, 0.29) is 5.91 Å². The van der Waals surface area contributed by atoms with Crippen molar-refractivity contribution in [1.82, 2.24) is 25.2 Å². The van der Waals surface area contributed by atoms with E-state index in [2.05, 4.69) is 25.8 Å². The Bertz CT molecular complexity index is 812. The molecule has 0 saturated heterocycles. The number of tetrazole rings is 1. The average molecular weight is 340 g/mol. The molecule has 24 heavy (non-hydrogen) atoms. The van der Waals surface area contributed by atoms with E-state index in [0.717, 1.165) is 11.3 Å². The number of thiazole rings is 1. The monoisotopic (exact) mass is 340 g/mol. The molecular weight excluding hydrogens is 324 g/mol. The van der Waals surface area contributed by atoms with Crippen LogP contribution in [0.5, 0.6) is 0 Å². The van der Waals surface area contributed by atoms with Crippen LogP contribution in [0.2, 0.25) is 0 Å². The zero-order valence-electron chi connectivity index (χ0n) is 12.9. The third-order valence-corrected chi connectivity index (χ3v) is 4.78. The predicted octanol–water partition coefficient (Wildman–Crippen LogP) is 2.43. The Hall–Kier alpha value is -2.61. The average Bonchev–Trinajstić information content (AvgIpc) is 3.11. The third kappa shape index (κ3) is 3.33. The molecule has 3 aromatic rings. The van der Waals surface area contributed by atoms with Crippen LogP contribution in [0, 0.1) is 0 Å². The third-order valence-electron chi connectivity index (χ3n) is 4.01. The standard InChI is InChI=1S/C16H16N6OS/c23-15(19-16-18-13(9-24-16)12-6-7-12)14(22-10-17-20-21-22)8-11-4-2-1-3-5-11/h1-5,9-10,12,14H,6-8H2,(H,18,19,23). The van der Waals surface area contributed by atoms with Crippen LogP contribution in [-0.4, -0.2) is 31.1 Å². The Morgan fingerprint density at radius 2 is 2.17 bits per heavy atom. The lowest BCUT2D eigenvalue weighted by Gasteiger charge is -2.15. The van der Waals surface area contributed by atoms with Gasteiger partial charge in [-0.25, -0.2) is 9.67 Å². The van der Waals surface area contributed by atoms with Gasteiger partial charge in [0.2, 0.25) is 0 Å². The molecule has 122 valence electrons. The summed E-state index contributed by atoms with van der Waals surface area (Å²) in [4.78, 5) is 17.3. The van der Waals surface area contributed by atoms with Crippen LogP contribution < -0.4 is 5.32 Å². The maximum absolute atomic E-state index is 12.7. The van der Waals surface area contributed by atoms with Gasteiger partial charge in [0, 0.05) is 17.7 Å². The number of hydrogen-bond acceptors (Lipinski definition) is 6. The van der Waals surface area contributed by atoms with Crippen LogP contribution in [0.4, 0.5) is 5.13 Å². The Labute approximate surface area is 142 Å². The number of carbonyl (C=O) groups excluding carboxylic acids is 1. The number of hydrogen-bond donors (Lipinski definition) is 1. The largest absolute Gasteiger partial charge is 0.300 e. The molecule has 0 bridgehead atoms. The molecule has 1 aliphatic rings.